The second kappa shape index (κ2) is 17.3. The van der Waals surface area contributed by atoms with Crippen molar-refractivity contribution in [2.45, 2.75) is 71.0 Å². The van der Waals surface area contributed by atoms with Gasteiger partial charge in [0.1, 0.15) is 41.0 Å². The van der Waals surface area contributed by atoms with Crippen molar-refractivity contribution in [3.05, 3.63) is 94.7 Å². The summed E-state index contributed by atoms with van der Waals surface area (Å²) in [7, 11) is 0. The molecule has 2 saturated carbocycles. The van der Waals surface area contributed by atoms with Gasteiger partial charge >= 0.3 is 26.2 Å². The maximum absolute atomic E-state index is 14.6. The molecule has 0 unspecified atom stereocenters. The molecule has 47 heavy (non-hydrogen) atoms. The summed E-state index contributed by atoms with van der Waals surface area (Å²) in [6.45, 7) is -0.213. The molecule has 0 aliphatic heterocycles. The third-order valence-electron chi connectivity index (χ3n) is 7.96. The third-order valence-corrected chi connectivity index (χ3v) is 7.96. The molecular formula is C30H26BF15Zr+2. The van der Waals surface area contributed by atoms with Crippen LogP contribution in [0.15, 0.2) is 0 Å². The minimum atomic E-state index is -5.41. The fourth-order valence-electron chi connectivity index (χ4n) is 5.59. The van der Waals surface area contributed by atoms with Crippen molar-refractivity contribution < 1.29 is 92.1 Å². The first-order valence-corrected chi connectivity index (χ1v) is 13.8. The second-order valence-electron chi connectivity index (χ2n) is 10.8. The molecular weight excluding hydrogens is 747 g/mol. The van der Waals surface area contributed by atoms with Crippen LogP contribution in [0.25, 0.3) is 0 Å². The summed E-state index contributed by atoms with van der Waals surface area (Å²) >= 11 is 0. The topological polar surface area (TPSA) is 0 Å². The predicted octanol–water partition coefficient (Wildman–Crippen LogP) is 9.22. The van der Waals surface area contributed by atoms with E-state index in [0.717, 1.165) is 0 Å². The molecule has 2 aliphatic carbocycles. The van der Waals surface area contributed by atoms with E-state index in [1.807, 2.05) is 0 Å². The summed E-state index contributed by atoms with van der Waals surface area (Å²) < 4.78 is 212. The monoisotopic (exact) mass is 772 g/mol. The molecule has 0 radical (unpaired) electrons. The zero-order chi connectivity index (χ0) is 34.0. The number of hydrogen-bond acceptors (Lipinski definition) is 0. The van der Waals surface area contributed by atoms with Crippen LogP contribution in [0.1, 0.15) is 64.2 Å². The average Bonchev–Trinajstić information content (AvgIpc) is 3.79. The van der Waals surface area contributed by atoms with Crippen molar-refractivity contribution in [3.8, 4) is 0 Å². The Labute approximate surface area is 279 Å². The summed E-state index contributed by atoms with van der Waals surface area (Å²) in [6, 6.07) is 0. The largest absolute Gasteiger partial charge is 4.00 e. The van der Waals surface area contributed by atoms with E-state index >= 15 is 0 Å². The van der Waals surface area contributed by atoms with Gasteiger partial charge < -0.3 is 7.43 Å². The summed E-state index contributed by atoms with van der Waals surface area (Å²) in [4.78, 5) is 0. The Morgan fingerprint density at radius 2 is 0.383 bits per heavy atom. The maximum Gasteiger partial charge on any atom is 4.00 e. The number of rotatable bonds is 3. The first-order valence-electron chi connectivity index (χ1n) is 13.8. The quantitative estimate of drug-likeness (QED) is 0.0820. The average molecular weight is 774 g/mol. The predicted molar refractivity (Wildman–Crippen MR) is 142 cm³/mol. The zero-order valence-corrected chi connectivity index (χ0v) is 27.3. The Hall–Kier alpha value is -2.44. The van der Waals surface area contributed by atoms with Crippen molar-refractivity contribution in [2.75, 3.05) is 0 Å². The van der Waals surface area contributed by atoms with Crippen LogP contribution in [0.2, 0.25) is 6.82 Å². The molecule has 3 aromatic rings. The molecule has 256 valence electrons. The minimum Gasteiger partial charge on any atom is -0.358 e. The van der Waals surface area contributed by atoms with Crippen molar-refractivity contribution >= 4 is 22.5 Å². The van der Waals surface area contributed by atoms with Gasteiger partial charge in [-0.15, -0.1) is 16.4 Å². The smallest absolute Gasteiger partial charge is 0.358 e. The van der Waals surface area contributed by atoms with Gasteiger partial charge in [-0.1, -0.05) is 64.2 Å². The van der Waals surface area contributed by atoms with E-state index in [9.17, 15) is 65.9 Å². The summed E-state index contributed by atoms with van der Waals surface area (Å²) in [5.41, 5.74) is -7.89. The maximum atomic E-state index is 14.6. The van der Waals surface area contributed by atoms with E-state index in [1.165, 1.54) is 64.2 Å². The van der Waals surface area contributed by atoms with Gasteiger partial charge in [-0.2, -0.15) is 6.82 Å². The van der Waals surface area contributed by atoms with Crippen molar-refractivity contribution in [1.29, 1.82) is 0 Å². The van der Waals surface area contributed by atoms with E-state index in [1.54, 1.807) is 0 Å². The van der Waals surface area contributed by atoms with Crippen LogP contribution in [0.4, 0.5) is 65.9 Å². The van der Waals surface area contributed by atoms with Crippen molar-refractivity contribution in [1.82, 2.24) is 0 Å². The van der Waals surface area contributed by atoms with Gasteiger partial charge in [0.25, 0.3) is 0 Å². The number of hydrogen-bond donors (Lipinski definition) is 0. The molecule has 5 rings (SSSR count). The Morgan fingerprint density at radius 3 is 0.511 bits per heavy atom. The van der Waals surface area contributed by atoms with Gasteiger partial charge in [0.2, 0.25) is 0 Å². The van der Waals surface area contributed by atoms with Crippen molar-refractivity contribution in [2.24, 2.45) is 0 Å². The Balaban J connectivity index is 0.000000781. The van der Waals surface area contributed by atoms with E-state index in [2.05, 4.69) is 0 Å². The Bertz CT molecular complexity index is 1310. The first kappa shape index (κ1) is 42.6. The normalized spacial score (nSPS) is 14.0. The van der Waals surface area contributed by atoms with Gasteiger partial charge in [0, 0.05) is 0 Å². The molecule has 0 atom stereocenters. The third kappa shape index (κ3) is 7.90. The molecule has 0 saturated heterocycles. The van der Waals surface area contributed by atoms with Gasteiger partial charge in [0.15, 0.2) is 52.4 Å². The summed E-state index contributed by atoms with van der Waals surface area (Å²) in [6.07, 6.45) is 9.59. The summed E-state index contributed by atoms with van der Waals surface area (Å²) in [5, 5.41) is 0. The SMILES string of the molecule is C1CCCC1.C1CCCC1.C[B-](c1c(F)c(F)c(F)c(F)c1F)(c1c(F)c(F)c(F)c(F)c1F)c1c(F)c(F)c(F)c(F)c1F.[CH3-].[Zr+4]. The second-order valence-corrected chi connectivity index (χ2v) is 10.8. The molecule has 0 N–H and O–H groups in total. The molecule has 0 spiro atoms. The molecule has 2 fully saturated rings. The fourth-order valence-corrected chi connectivity index (χ4v) is 5.59. The van der Waals surface area contributed by atoms with Gasteiger partial charge in [-0.05, 0) is 0 Å². The zero-order valence-electron chi connectivity index (χ0n) is 24.8. The van der Waals surface area contributed by atoms with E-state index in [0.29, 0.717) is 0 Å². The Kier molecular flexibility index (Phi) is 15.7. The molecule has 17 heteroatoms. The van der Waals surface area contributed by atoms with Crippen LogP contribution in [0.3, 0.4) is 0 Å². The van der Waals surface area contributed by atoms with E-state index < -0.39 is 110 Å². The molecule has 0 bridgehead atoms. The summed E-state index contributed by atoms with van der Waals surface area (Å²) in [5.74, 6) is -45.1. The number of halogens is 15. The van der Waals surface area contributed by atoms with Crippen LogP contribution in [0.5, 0.6) is 0 Å². The first-order chi connectivity index (χ1) is 21.0. The van der Waals surface area contributed by atoms with Crippen LogP contribution in [-0.4, -0.2) is 6.15 Å². The van der Waals surface area contributed by atoms with Crippen LogP contribution < -0.4 is 16.4 Å². The minimum absolute atomic E-state index is 0. The van der Waals surface area contributed by atoms with Crippen molar-refractivity contribution in [3.63, 3.8) is 0 Å². The molecule has 0 heterocycles. The van der Waals surface area contributed by atoms with E-state index in [-0.39, 0.29) is 40.5 Å². The van der Waals surface area contributed by atoms with E-state index in [4.69, 9.17) is 0 Å². The van der Waals surface area contributed by atoms with Crippen LogP contribution in [0, 0.1) is 94.7 Å². The van der Waals surface area contributed by atoms with Crippen LogP contribution >= 0.6 is 0 Å². The molecule has 2 aliphatic rings. The van der Waals surface area contributed by atoms with Gasteiger partial charge in [0.05, 0.1) is 0 Å². The fraction of sp³-hybridized carbons (Fsp3) is 0.367. The molecule has 0 amide bonds. The molecule has 0 nitrogen and oxygen atoms in total. The standard InChI is InChI=1S/C19H3BF15.2C5H10.CH3.Zr/c1-20(2-5(21)11(27)17(33)12(28)6(2)22,3-7(23)13(29)18(34)14(30)8(3)24)4-9(25)15(31)19(35)16(32)10(4)26;2*1-2-4-5-3-1;;/h1H3;2*1-5H2;1H3;/q-1;;;-1;+4. The van der Waals surface area contributed by atoms with Gasteiger partial charge in [-0.25, -0.2) is 65.9 Å². The molecule has 3 aromatic carbocycles. The Morgan fingerprint density at radius 1 is 0.277 bits per heavy atom. The van der Waals surface area contributed by atoms with Gasteiger partial charge in [-0.3, -0.25) is 0 Å². The molecule has 0 aromatic heterocycles. The van der Waals surface area contributed by atoms with Crippen LogP contribution in [-0.2, 0) is 26.2 Å². The number of benzene rings is 3.